The first-order valence-electron chi connectivity index (χ1n) is 9.75. The molecule has 0 atom stereocenters. The third kappa shape index (κ3) is 7.44. The third-order valence-electron chi connectivity index (χ3n) is 4.56. The molecule has 156 valence electrons. The van der Waals surface area contributed by atoms with Crippen molar-refractivity contribution in [3.63, 3.8) is 0 Å². The summed E-state index contributed by atoms with van der Waals surface area (Å²) in [7, 11) is 5.32. The highest BCUT2D eigenvalue weighted by Gasteiger charge is 2.05. The molecule has 0 bridgehead atoms. The highest BCUT2D eigenvalue weighted by atomic mass is 19.1. The maximum Gasteiger partial charge on any atom is 0.251 e. The van der Waals surface area contributed by atoms with Gasteiger partial charge in [0.2, 0.25) is 0 Å². The number of nitrogens with one attached hydrogen (secondary N) is 3. The zero-order chi connectivity index (χ0) is 21.1. The highest BCUT2D eigenvalue weighted by Crippen LogP contribution is 2.13. The lowest BCUT2D eigenvalue weighted by molar-refractivity contribution is 0.0963. The van der Waals surface area contributed by atoms with Crippen LogP contribution in [0.15, 0.2) is 53.5 Å². The lowest BCUT2D eigenvalue weighted by Gasteiger charge is -2.20. The molecule has 0 fully saturated rings. The van der Waals surface area contributed by atoms with Crippen molar-refractivity contribution in [2.24, 2.45) is 4.99 Å². The van der Waals surface area contributed by atoms with Gasteiger partial charge in [-0.05, 0) is 48.7 Å². The van der Waals surface area contributed by atoms with Gasteiger partial charge in [-0.15, -0.1) is 0 Å². The third-order valence-corrected chi connectivity index (χ3v) is 4.56. The summed E-state index contributed by atoms with van der Waals surface area (Å²) >= 11 is 0. The van der Waals surface area contributed by atoms with Gasteiger partial charge in [-0.1, -0.05) is 18.2 Å². The normalized spacial score (nSPS) is 11.1. The zero-order valence-electron chi connectivity index (χ0n) is 17.3. The molecule has 0 aliphatic carbocycles. The molecular weight excluding hydrogens is 369 g/mol. The van der Waals surface area contributed by atoms with Crippen LogP contribution >= 0.6 is 0 Å². The van der Waals surface area contributed by atoms with Crippen molar-refractivity contribution >= 4 is 17.6 Å². The molecule has 3 N–H and O–H groups in total. The van der Waals surface area contributed by atoms with Gasteiger partial charge in [-0.25, -0.2) is 4.39 Å². The maximum atomic E-state index is 13.3. The van der Waals surface area contributed by atoms with Crippen molar-refractivity contribution < 1.29 is 9.18 Å². The largest absolute Gasteiger partial charge is 0.374 e. The van der Waals surface area contributed by atoms with Gasteiger partial charge in [0, 0.05) is 52.0 Å². The summed E-state index contributed by atoms with van der Waals surface area (Å²) in [6.45, 7) is 2.27. The number of benzene rings is 2. The number of aliphatic imine (C=N–C) groups is 1. The lowest BCUT2D eigenvalue weighted by Crippen LogP contribution is -2.39. The zero-order valence-corrected chi connectivity index (χ0v) is 17.3. The fourth-order valence-electron chi connectivity index (χ4n) is 2.92. The number of rotatable bonds is 9. The Balaban J connectivity index is 1.70. The Morgan fingerprint density at radius 2 is 1.86 bits per heavy atom. The molecule has 2 rings (SSSR count). The van der Waals surface area contributed by atoms with Crippen LogP contribution < -0.4 is 20.9 Å². The molecule has 0 saturated heterocycles. The van der Waals surface area contributed by atoms with Gasteiger partial charge in [0.05, 0.1) is 0 Å². The number of guanidine groups is 1. The molecule has 1 amide bonds. The summed E-state index contributed by atoms with van der Waals surface area (Å²) in [5.41, 5.74) is 2.62. The Bertz CT molecular complexity index is 824. The number of hydrogen-bond acceptors (Lipinski definition) is 3. The lowest BCUT2D eigenvalue weighted by atomic mass is 10.1. The van der Waals surface area contributed by atoms with Gasteiger partial charge >= 0.3 is 0 Å². The number of nitrogens with zero attached hydrogens (tertiary/aromatic N) is 2. The van der Waals surface area contributed by atoms with Crippen molar-refractivity contribution in [2.45, 2.75) is 12.8 Å². The molecule has 0 saturated carbocycles. The molecule has 0 spiro atoms. The van der Waals surface area contributed by atoms with Gasteiger partial charge in [0.25, 0.3) is 5.91 Å². The quantitative estimate of drug-likeness (QED) is 0.344. The van der Waals surface area contributed by atoms with E-state index in [0.717, 1.165) is 43.1 Å². The Hall–Kier alpha value is -3.09. The van der Waals surface area contributed by atoms with E-state index < -0.39 is 0 Å². The van der Waals surface area contributed by atoms with E-state index in [-0.39, 0.29) is 11.7 Å². The van der Waals surface area contributed by atoms with E-state index in [1.807, 2.05) is 36.2 Å². The van der Waals surface area contributed by atoms with E-state index in [2.05, 4.69) is 20.9 Å². The standard InChI is InChI=1S/C22H30FN5O/c1-24-21(29)18-8-4-7-17(15-18)11-13-27-22(25-2)26-12-6-14-28(3)20-10-5-9-19(23)16-20/h4-5,7-10,15-16H,6,11-14H2,1-3H3,(H,24,29)(H2,25,26,27). The second-order valence-corrected chi connectivity index (χ2v) is 6.71. The molecule has 2 aromatic carbocycles. The van der Waals surface area contributed by atoms with Crippen LogP contribution in [0, 0.1) is 5.82 Å². The van der Waals surface area contributed by atoms with Crippen molar-refractivity contribution in [2.75, 3.05) is 45.7 Å². The first-order chi connectivity index (χ1) is 14.0. The van der Waals surface area contributed by atoms with E-state index in [9.17, 15) is 9.18 Å². The van der Waals surface area contributed by atoms with Crippen molar-refractivity contribution in [1.29, 1.82) is 0 Å². The molecule has 0 heterocycles. The second kappa shape index (κ2) is 11.7. The van der Waals surface area contributed by atoms with Crippen LogP contribution in [0.5, 0.6) is 0 Å². The number of amides is 1. The number of carbonyl (C=O) groups excluding carboxylic acids is 1. The molecule has 7 heteroatoms. The van der Waals surface area contributed by atoms with E-state index >= 15 is 0 Å². The number of hydrogen-bond donors (Lipinski definition) is 3. The van der Waals surface area contributed by atoms with Crippen LogP contribution in [0.25, 0.3) is 0 Å². The minimum absolute atomic E-state index is 0.0829. The summed E-state index contributed by atoms with van der Waals surface area (Å²) in [5, 5.41) is 9.21. The van der Waals surface area contributed by atoms with Gasteiger partial charge in [0.1, 0.15) is 5.82 Å². The molecule has 0 unspecified atom stereocenters. The van der Waals surface area contributed by atoms with E-state index in [1.54, 1.807) is 26.2 Å². The first-order valence-corrected chi connectivity index (χ1v) is 9.75. The van der Waals surface area contributed by atoms with Crippen LogP contribution in [-0.4, -0.2) is 52.6 Å². The fraction of sp³-hybridized carbons (Fsp3) is 0.364. The van der Waals surface area contributed by atoms with E-state index in [1.165, 1.54) is 12.1 Å². The molecule has 0 aliphatic rings. The van der Waals surface area contributed by atoms with E-state index in [0.29, 0.717) is 12.1 Å². The highest BCUT2D eigenvalue weighted by molar-refractivity contribution is 5.94. The summed E-state index contributed by atoms with van der Waals surface area (Å²) < 4.78 is 13.3. The van der Waals surface area contributed by atoms with Crippen LogP contribution in [-0.2, 0) is 6.42 Å². The molecule has 0 aliphatic heterocycles. The van der Waals surface area contributed by atoms with Crippen LogP contribution in [0.1, 0.15) is 22.3 Å². The predicted octanol–water partition coefficient (Wildman–Crippen LogP) is 2.42. The Kier molecular flexibility index (Phi) is 8.95. The van der Waals surface area contributed by atoms with Crippen molar-refractivity contribution in [3.8, 4) is 0 Å². The Labute approximate surface area is 172 Å². The number of halogens is 1. The Morgan fingerprint density at radius 1 is 1.10 bits per heavy atom. The van der Waals surface area contributed by atoms with Gasteiger partial charge in [-0.2, -0.15) is 0 Å². The van der Waals surface area contributed by atoms with Crippen molar-refractivity contribution in [1.82, 2.24) is 16.0 Å². The van der Waals surface area contributed by atoms with Crippen molar-refractivity contribution in [3.05, 3.63) is 65.5 Å². The molecule has 0 aromatic heterocycles. The average molecular weight is 400 g/mol. The van der Waals surface area contributed by atoms with E-state index in [4.69, 9.17) is 0 Å². The summed E-state index contributed by atoms with van der Waals surface area (Å²) in [5.74, 6) is 0.430. The SMILES string of the molecule is CN=C(NCCCN(C)c1cccc(F)c1)NCCc1cccc(C(=O)NC)c1. The van der Waals surface area contributed by atoms with Gasteiger partial charge < -0.3 is 20.9 Å². The topological polar surface area (TPSA) is 68.8 Å². The second-order valence-electron chi connectivity index (χ2n) is 6.71. The van der Waals surface area contributed by atoms with Gasteiger partial charge in [-0.3, -0.25) is 9.79 Å². The smallest absolute Gasteiger partial charge is 0.251 e. The molecular formula is C22H30FN5O. The van der Waals surface area contributed by atoms with Crippen LogP contribution in [0.2, 0.25) is 0 Å². The first kappa shape index (κ1) is 22.2. The van der Waals surface area contributed by atoms with Crippen LogP contribution in [0.3, 0.4) is 0 Å². The summed E-state index contributed by atoms with van der Waals surface area (Å²) in [4.78, 5) is 18.0. The molecule has 0 radical (unpaired) electrons. The monoisotopic (exact) mass is 399 g/mol. The minimum atomic E-state index is -0.224. The molecule has 2 aromatic rings. The summed E-state index contributed by atoms with van der Waals surface area (Å²) in [6.07, 6.45) is 1.68. The predicted molar refractivity (Wildman–Crippen MR) is 117 cm³/mol. The molecule has 29 heavy (non-hydrogen) atoms. The molecule has 6 nitrogen and oxygen atoms in total. The fourth-order valence-corrected chi connectivity index (χ4v) is 2.92. The maximum absolute atomic E-state index is 13.3. The average Bonchev–Trinajstić information content (AvgIpc) is 2.74. The van der Waals surface area contributed by atoms with Gasteiger partial charge in [0.15, 0.2) is 5.96 Å². The Morgan fingerprint density at radius 3 is 2.59 bits per heavy atom. The van der Waals surface area contributed by atoms with Crippen LogP contribution in [0.4, 0.5) is 10.1 Å². The number of anilines is 1. The minimum Gasteiger partial charge on any atom is -0.374 e. The number of carbonyl (C=O) groups is 1. The summed E-state index contributed by atoms with van der Waals surface area (Å²) in [6, 6.07) is 14.2.